The predicted molar refractivity (Wildman–Crippen MR) is 111 cm³/mol. The quantitative estimate of drug-likeness (QED) is 0.570. The van der Waals surface area contributed by atoms with Crippen molar-refractivity contribution in [2.45, 2.75) is 57.6 Å². The summed E-state index contributed by atoms with van der Waals surface area (Å²) in [7, 11) is 0. The predicted octanol–water partition coefficient (Wildman–Crippen LogP) is 1.48. The third-order valence-corrected chi connectivity index (χ3v) is 8.10. The number of carbonyl (C=O) groups is 1. The van der Waals surface area contributed by atoms with Crippen LogP contribution in [0.2, 0.25) is 0 Å². The Hall–Kier alpha value is -1.34. The first kappa shape index (κ1) is 19.6. The molecular weight excluding hydrogens is 368 g/mol. The second-order valence-electron chi connectivity index (χ2n) is 9.45. The van der Waals surface area contributed by atoms with E-state index in [-0.39, 0.29) is 5.92 Å². The zero-order valence-electron chi connectivity index (χ0n) is 17.8. The summed E-state index contributed by atoms with van der Waals surface area (Å²) in [5, 5.41) is 3.88. The number of ether oxygens (including phenoxy) is 2. The molecule has 0 aromatic carbocycles. The molecule has 29 heavy (non-hydrogen) atoms. The van der Waals surface area contributed by atoms with Crippen molar-refractivity contribution in [2.75, 3.05) is 52.5 Å². The highest BCUT2D eigenvalue weighted by Gasteiger charge is 2.66. The maximum Gasteiger partial charge on any atom is 0.225 e. The molecule has 1 amide bonds. The second-order valence-corrected chi connectivity index (χ2v) is 9.45. The number of likely N-dealkylation sites (tertiary alicyclic amines) is 1. The SMILES string of the molecule is CCN=C(NC1C2CCOC2C12CCC2)N1CCC(C(=O)N2CCOCC2)CC1. The molecule has 2 saturated carbocycles. The van der Waals surface area contributed by atoms with Crippen molar-refractivity contribution in [3.8, 4) is 0 Å². The lowest BCUT2D eigenvalue weighted by atomic mass is 9.46. The van der Waals surface area contributed by atoms with Gasteiger partial charge < -0.3 is 24.6 Å². The molecule has 0 aromatic heterocycles. The highest BCUT2D eigenvalue weighted by atomic mass is 16.5. The monoisotopic (exact) mass is 404 g/mol. The van der Waals surface area contributed by atoms with Gasteiger partial charge in [-0.25, -0.2) is 0 Å². The number of nitrogens with zero attached hydrogens (tertiary/aromatic N) is 3. The zero-order valence-corrected chi connectivity index (χ0v) is 17.8. The van der Waals surface area contributed by atoms with E-state index in [0.29, 0.717) is 42.6 Å². The fourth-order valence-electron chi connectivity index (χ4n) is 6.36. The van der Waals surface area contributed by atoms with E-state index >= 15 is 0 Å². The lowest BCUT2D eigenvalue weighted by Crippen LogP contribution is -2.72. The molecule has 7 heteroatoms. The van der Waals surface area contributed by atoms with Gasteiger partial charge in [0.2, 0.25) is 5.91 Å². The lowest BCUT2D eigenvalue weighted by molar-refractivity contribution is -0.171. The fourth-order valence-corrected chi connectivity index (χ4v) is 6.36. The number of amides is 1. The number of fused-ring (bicyclic) bond motifs is 2. The molecule has 3 saturated heterocycles. The van der Waals surface area contributed by atoms with Crippen molar-refractivity contribution >= 4 is 11.9 Å². The Morgan fingerprint density at radius 2 is 1.83 bits per heavy atom. The third kappa shape index (κ3) is 3.34. The minimum Gasteiger partial charge on any atom is -0.378 e. The van der Waals surface area contributed by atoms with Crippen LogP contribution >= 0.6 is 0 Å². The van der Waals surface area contributed by atoms with Crippen molar-refractivity contribution in [1.82, 2.24) is 15.1 Å². The Labute approximate surface area is 174 Å². The Morgan fingerprint density at radius 1 is 1.07 bits per heavy atom. The Kier molecular flexibility index (Phi) is 5.45. The smallest absolute Gasteiger partial charge is 0.225 e. The summed E-state index contributed by atoms with van der Waals surface area (Å²) in [5.41, 5.74) is 0.361. The summed E-state index contributed by atoms with van der Waals surface area (Å²) in [6, 6.07) is 0.516. The van der Waals surface area contributed by atoms with Gasteiger partial charge in [-0.1, -0.05) is 6.42 Å². The van der Waals surface area contributed by atoms with Gasteiger partial charge in [0.15, 0.2) is 5.96 Å². The molecule has 5 rings (SSSR count). The van der Waals surface area contributed by atoms with Crippen molar-refractivity contribution in [3.63, 3.8) is 0 Å². The molecule has 1 N–H and O–H groups in total. The maximum absolute atomic E-state index is 12.8. The van der Waals surface area contributed by atoms with Crippen LogP contribution < -0.4 is 5.32 Å². The summed E-state index contributed by atoms with van der Waals surface area (Å²) in [6.45, 7) is 8.50. The Balaban J connectivity index is 1.19. The molecule has 3 unspecified atom stereocenters. The number of piperidine rings is 1. The van der Waals surface area contributed by atoms with Crippen molar-refractivity contribution in [2.24, 2.45) is 22.2 Å². The van der Waals surface area contributed by atoms with Gasteiger partial charge in [-0.15, -0.1) is 0 Å². The van der Waals surface area contributed by atoms with E-state index in [2.05, 4.69) is 17.1 Å². The van der Waals surface area contributed by atoms with Gasteiger partial charge in [0.1, 0.15) is 0 Å². The highest BCUT2D eigenvalue weighted by Crippen LogP contribution is 2.62. The molecule has 3 aliphatic heterocycles. The van der Waals surface area contributed by atoms with E-state index in [1.165, 1.54) is 25.7 Å². The maximum atomic E-state index is 12.8. The average Bonchev–Trinajstić information content (AvgIpc) is 3.15. The van der Waals surface area contributed by atoms with Gasteiger partial charge in [0, 0.05) is 62.6 Å². The molecule has 7 nitrogen and oxygen atoms in total. The number of guanidine groups is 1. The van der Waals surface area contributed by atoms with E-state index in [1.807, 2.05) is 4.90 Å². The van der Waals surface area contributed by atoms with Crippen LogP contribution in [0.4, 0.5) is 0 Å². The van der Waals surface area contributed by atoms with E-state index in [0.717, 1.165) is 58.1 Å². The fraction of sp³-hybridized carbons (Fsp3) is 0.909. The van der Waals surface area contributed by atoms with Gasteiger partial charge >= 0.3 is 0 Å². The van der Waals surface area contributed by atoms with Gasteiger partial charge in [-0.2, -0.15) is 0 Å². The number of carbonyl (C=O) groups excluding carboxylic acids is 1. The molecule has 3 atom stereocenters. The number of hydrogen-bond donors (Lipinski definition) is 1. The summed E-state index contributed by atoms with van der Waals surface area (Å²) in [5.74, 6) is 2.19. The lowest BCUT2D eigenvalue weighted by Gasteiger charge is -2.63. The van der Waals surface area contributed by atoms with Crippen LogP contribution in [0.15, 0.2) is 4.99 Å². The first-order valence-electron chi connectivity index (χ1n) is 11.8. The molecule has 1 spiro atoms. The van der Waals surface area contributed by atoms with Crippen molar-refractivity contribution < 1.29 is 14.3 Å². The van der Waals surface area contributed by atoms with Crippen LogP contribution in [0.3, 0.4) is 0 Å². The second kappa shape index (κ2) is 8.06. The molecule has 0 radical (unpaired) electrons. The summed E-state index contributed by atoms with van der Waals surface area (Å²) in [4.78, 5) is 22.1. The first-order chi connectivity index (χ1) is 14.2. The number of rotatable bonds is 3. The first-order valence-corrected chi connectivity index (χ1v) is 11.8. The topological polar surface area (TPSA) is 66.4 Å². The zero-order chi connectivity index (χ0) is 19.8. The average molecular weight is 405 g/mol. The van der Waals surface area contributed by atoms with Gasteiger partial charge in [-0.3, -0.25) is 9.79 Å². The van der Waals surface area contributed by atoms with Gasteiger partial charge in [0.05, 0.1) is 19.3 Å². The van der Waals surface area contributed by atoms with E-state index in [9.17, 15) is 4.79 Å². The molecule has 2 aliphatic carbocycles. The number of morpholine rings is 1. The van der Waals surface area contributed by atoms with Crippen molar-refractivity contribution in [1.29, 1.82) is 0 Å². The van der Waals surface area contributed by atoms with Crippen molar-refractivity contribution in [3.05, 3.63) is 0 Å². The Morgan fingerprint density at radius 3 is 2.48 bits per heavy atom. The summed E-state index contributed by atoms with van der Waals surface area (Å²) in [6.07, 6.45) is 7.42. The van der Waals surface area contributed by atoms with Crippen LogP contribution in [0.1, 0.15) is 45.4 Å². The standard InChI is InChI=1S/C22H36N4O3/c1-2-23-21(24-18-17-6-13-29-19(17)22(18)7-3-8-22)26-9-4-16(5-10-26)20(27)25-11-14-28-15-12-25/h16-19H,2-15H2,1H3,(H,23,24). The van der Waals surface area contributed by atoms with Crippen LogP contribution in [-0.2, 0) is 14.3 Å². The van der Waals surface area contributed by atoms with Crippen LogP contribution in [0.5, 0.6) is 0 Å². The molecule has 0 bridgehead atoms. The van der Waals surface area contributed by atoms with E-state index < -0.39 is 0 Å². The molecule has 0 aromatic rings. The molecule has 5 fully saturated rings. The largest absolute Gasteiger partial charge is 0.378 e. The third-order valence-electron chi connectivity index (χ3n) is 8.10. The van der Waals surface area contributed by atoms with E-state index in [4.69, 9.17) is 14.5 Å². The number of aliphatic imine (C=N–C) groups is 1. The Bertz CT molecular complexity index is 636. The molecule has 3 heterocycles. The summed E-state index contributed by atoms with van der Waals surface area (Å²) >= 11 is 0. The number of nitrogens with one attached hydrogen (secondary N) is 1. The van der Waals surface area contributed by atoms with Gasteiger partial charge in [0.25, 0.3) is 0 Å². The number of hydrogen-bond acceptors (Lipinski definition) is 4. The van der Waals surface area contributed by atoms with Crippen LogP contribution in [0.25, 0.3) is 0 Å². The molecule has 5 aliphatic rings. The molecule has 162 valence electrons. The minimum atomic E-state index is 0.154. The summed E-state index contributed by atoms with van der Waals surface area (Å²) < 4.78 is 11.5. The van der Waals surface area contributed by atoms with Gasteiger partial charge in [-0.05, 0) is 39.0 Å². The minimum absolute atomic E-state index is 0.154. The van der Waals surface area contributed by atoms with E-state index in [1.54, 1.807) is 0 Å². The molecular formula is C22H36N4O3. The highest BCUT2D eigenvalue weighted by molar-refractivity contribution is 5.82. The normalized spacial score (nSPS) is 34.5. The van der Waals surface area contributed by atoms with Crippen LogP contribution in [-0.4, -0.2) is 86.4 Å². The van der Waals surface area contributed by atoms with Crippen LogP contribution in [0, 0.1) is 17.3 Å².